The summed E-state index contributed by atoms with van der Waals surface area (Å²) in [6.45, 7) is 7.04. The number of amides is 1. The Morgan fingerprint density at radius 2 is 1.95 bits per heavy atom. The van der Waals surface area contributed by atoms with Crippen molar-refractivity contribution in [2.45, 2.75) is 77.2 Å². The van der Waals surface area contributed by atoms with E-state index in [0.717, 1.165) is 18.9 Å². The Labute approximate surface area is 213 Å². The number of β-amino-alcohol motifs (C(OH)–C–C–N with tert-alkyl or cyclic N) is 1. The molecule has 200 valence electrons. The lowest BCUT2D eigenvalue weighted by Crippen LogP contribution is -2.40. The fourth-order valence-corrected chi connectivity index (χ4v) is 4.64. The Morgan fingerprint density at radius 1 is 1.24 bits per heavy atom. The highest BCUT2D eigenvalue weighted by molar-refractivity contribution is 5.96. The van der Waals surface area contributed by atoms with Crippen LogP contribution in [0.5, 0.6) is 0 Å². The molecular weight excluding hydrogens is 486 g/mol. The van der Waals surface area contributed by atoms with Crippen molar-refractivity contribution in [2.24, 2.45) is 0 Å². The maximum Gasteiger partial charge on any atom is 0.410 e. The van der Waals surface area contributed by atoms with Gasteiger partial charge in [0.2, 0.25) is 5.43 Å². The van der Waals surface area contributed by atoms with E-state index in [-0.39, 0.29) is 47.6 Å². The van der Waals surface area contributed by atoms with Gasteiger partial charge in [-0.2, -0.15) is 0 Å². The summed E-state index contributed by atoms with van der Waals surface area (Å²) in [5, 5.41) is 10.0. The summed E-state index contributed by atoms with van der Waals surface area (Å²) in [5.41, 5.74) is -1.57. The van der Waals surface area contributed by atoms with Crippen molar-refractivity contribution in [2.75, 3.05) is 13.2 Å². The molecule has 0 radical (unpaired) electrons. The lowest BCUT2D eigenvalue weighted by atomic mass is 10.0. The molecule has 1 aromatic heterocycles. The minimum atomic E-state index is -1.21. The van der Waals surface area contributed by atoms with Gasteiger partial charge in [-0.15, -0.1) is 0 Å². The number of halogens is 2. The highest BCUT2D eigenvalue weighted by atomic mass is 19.2. The minimum absolute atomic E-state index is 0.0547. The highest BCUT2D eigenvalue weighted by Gasteiger charge is 2.36. The molecule has 0 unspecified atom stereocenters. The van der Waals surface area contributed by atoms with E-state index in [9.17, 15) is 23.9 Å². The van der Waals surface area contributed by atoms with Gasteiger partial charge in [-0.25, -0.2) is 18.4 Å². The van der Waals surface area contributed by atoms with E-state index in [1.54, 1.807) is 38.3 Å². The van der Waals surface area contributed by atoms with Crippen LogP contribution in [0.4, 0.5) is 13.6 Å². The molecule has 2 aromatic rings. The minimum Gasteiger partial charge on any atom is -0.462 e. The van der Waals surface area contributed by atoms with Crippen LogP contribution < -0.4 is 5.43 Å². The first-order chi connectivity index (χ1) is 17.4. The third-order valence-corrected chi connectivity index (χ3v) is 6.39. The maximum atomic E-state index is 15.1. The van der Waals surface area contributed by atoms with Gasteiger partial charge in [0.05, 0.1) is 30.2 Å². The standard InChI is InChI=1S/C27H32F2N2O6/c1-5-36-25(34)20-14-30(15-9-10-15)23-18(22(29)21(28)12-19(23)24(20)33)8-6-7-16-11-17(32)13-31(16)26(35)37-27(2,3)4/h6,8,12,14-17,32H,5,7,9-11,13H2,1-4H3/b8-6-/t16-,17-/m1/s1. The van der Waals surface area contributed by atoms with Crippen molar-refractivity contribution >= 4 is 29.0 Å². The number of fused-ring (bicyclic) bond motifs is 1. The predicted molar refractivity (Wildman–Crippen MR) is 133 cm³/mol. The second-order valence-electron chi connectivity index (χ2n) is 10.5. The van der Waals surface area contributed by atoms with Crippen molar-refractivity contribution < 1.29 is 33.0 Å². The number of rotatable bonds is 6. The quantitative estimate of drug-likeness (QED) is 0.563. The highest BCUT2D eigenvalue weighted by Crippen LogP contribution is 2.39. The van der Waals surface area contributed by atoms with Crippen LogP contribution in [0.15, 0.2) is 23.1 Å². The Kier molecular flexibility index (Phi) is 7.41. The average Bonchev–Trinajstić information content (AvgIpc) is 3.58. The van der Waals surface area contributed by atoms with Gasteiger partial charge in [-0.1, -0.05) is 12.2 Å². The number of aliphatic hydroxyl groups is 1. The Hall–Kier alpha value is -3.27. The van der Waals surface area contributed by atoms with Crippen molar-refractivity contribution in [3.8, 4) is 0 Å². The fraction of sp³-hybridized carbons (Fsp3) is 0.519. The molecular formula is C27H32F2N2O6. The molecule has 2 aliphatic rings. The van der Waals surface area contributed by atoms with Crippen LogP contribution in [-0.4, -0.2) is 57.5 Å². The summed E-state index contributed by atoms with van der Waals surface area (Å²) in [6.07, 6.45) is 5.18. The molecule has 1 aliphatic carbocycles. The van der Waals surface area contributed by atoms with Crippen LogP contribution >= 0.6 is 0 Å². The smallest absolute Gasteiger partial charge is 0.410 e. The van der Waals surface area contributed by atoms with Crippen molar-refractivity contribution in [3.63, 3.8) is 0 Å². The Morgan fingerprint density at radius 3 is 2.57 bits per heavy atom. The number of hydrogen-bond donors (Lipinski definition) is 1. The number of likely N-dealkylation sites (tertiary alicyclic amines) is 1. The van der Waals surface area contributed by atoms with E-state index in [0.29, 0.717) is 6.42 Å². The van der Waals surface area contributed by atoms with Gasteiger partial charge in [0.1, 0.15) is 11.2 Å². The van der Waals surface area contributed by atoms with E-state index >= 15 is 4.39 Å². The molecule has 2 heterocycles. The number of nitrogens with zero attached hydrogens (tertiary/aromatic N) is 2. The molecule has 37 heavy (non-hydrogen) atoms. The summed E-state index contributed by atoms with van der Waals surface area (Å²) in [6, 6.07) is 0.370. The number of aromatic nitrogens is 1. The molecule has 1 aliphatic heterocycles. The van der Waals surface area contributed by atoms with Crippen molar-refractivity contribution in [1.29, 1.82) is 0 Å². The predicted octanol–water partition coefficient (Wildman–Crippen LogP) is 4.56. The second kappa shape index (κ2) is 10.2. The summed E-state index contributed by atoms with van der Waals surface area (Å²) in [7, 11) is 0. The largest absolute Gasteiger partial charge is 0.462 e. The van der Waals surface area contributed by atoms with Crippen LogP contribution in [0.25, 0.3) is 17.0 Å². The second-order valence-corrected chi connectivity index (χ2v) is 10.5. The third-order valence-electron chi connectivity index (χ3n) is 6.39. The Bertz CT molecular complexity index is 1310. The number of carbonyl (C=O) groups is 2. The number of benzene rings is 1. The molecule has 1 saturated heterocycles. The third kappa shape index (κ3) is 5.69. The number of hydrogen-bond acceptors (Lipinski definition) is 6. The number of carbonyl (C=O) groups excluding carboxylic acids is 2. The van der Waals surface area contributed by atoms with Gasteiger partial charge in [-0.05, 0) is 59.4 Å². The van der Waals surface area contributed by atoms with Gasteiger partial charge in [0.15, 0.2) is 11.6 Å². The summed E-state index contributed by atoms with van der Waals surface area (Å²) in [4.78, 5) is 39.5. The monoisotopic (exact) mass is 518 g/mol. The topological polar surface area (TPSA) is 98.1 Å². The number of ether oxygens (including phenoxy) is 2. The van der Waals surface area contributed by atoms with Crippen LogP contribution in [0.1, 0.15) is 75.3 Å². The fourth-order valence-electron chi connectivity index (χ4n) is 4.64. The van der Waals surface area contributed by atoms with Crippen LogP contribution in [-0.2, 0) is 9.47 Å². The summed E-state index contributed by atoms with van der Waals surface area (Å²) < 4.78 is 41.8. The number of esters is 1. The first-order valence-electron chi connectivity index (χ1n) is 12.5. The SMILES string of the molecule is CCOC(=O)c1cn(C2CC2)c2c(/C=C\C[C@@H]3C[C@@H](O)CN3C(=O)OC(C)(C)C)c(F)c(F)cc2c1=O. The summed E-state index contributed by atoms with van der Waals surface area (Å²) in [5.74, 6) is -3.14. The molecule has 10 heteroatoms. The first kappa shape index (κ1) is 26.8. The number of pyridine rings is 1. The molecule has 4 rings (SSSR count). The van der Waals surface area contributed by atoms with Gasteiger partial charge < -0.3 is 24.0 Å². The van der Waals surface area contributed by atoms with E-state index in [1.165, 1.54) is 17.2 Å². The zero-order valence-corrected chi connectivity index (χ0v) is 21.4. The Balaban J connectivity index is 1.71. The van der Waals surface area contributed by atoms with E-state index < -0.39 is 46.9 Å². The van der Waals surface area contributed by atoms with Gasteiger partial charge in [0.25, 0.3) is 0 Å². The van der Waals surface area contributed by atoms with Crippen LogP contribution in [0, 0.1) is 11.6 Å². The van der Waals surface area contributed by atoms with E-state index in [4.69, 9.17) is 9.47 Å². The zero-order valence-electron chi connectivity index (χ0n) is 21.4. The van der Waals surface area contributed by atoms with E-state index in [2.05, 4.69) is 0 Å². The van der Waals surface area contributed by atoms with Crippen LogP contribution in [0.2, 0.25) is 0 Å². The maximum absolute atomic E-state index is 15.1. The first-order valence-corrected chi connectivity index (χ1v) is 12.5. The van der Waals surface area contributed by atoms with E-state index in [1.807, 2.05) is 0 Å². The molecule has 1 N–H and O–H groups in total. The van der Waals surface area contributed by atoms with Crippen LogP contribution in [0.3, 0.4) is 0 Å². The molecule has 1 aromatic carbocycles. The lowest BCUT2D eigenvalue weighted by Gasteiger charge is -2.28. The van der Waals surface area contributed by atoms with Gasteiger partial charge in [-0.3, -0.25) is 4.79 Å². The normalized spacial score (nSPS) is 20.1. The van der Waals surface area contributed by atoms with Gasteiger partial charge in [0, 0.05) is 23.8 Å². The molecule has 0 bridgehead atoms. The molecule has 2 atom stereocenters. The average molecular weight is 519 g/mol. The number of aliphatic hydroxyl groups excluding tert-OH is 1. The zero-order chi connectivity index (χ0) is 27.1. The lowest BCUT2D eigenvalue weighted by molar-refractivity contribution is 0.0210. The molecule has 1 amide bonds. The van der Waals surface area contributed by atoms with Gasteiger partial charge >= 0.3 is 12.1 Å². The molecule has 1 saturated carbocycles. The van der Waals surface area contributed by atoms with Crippen molar-refractivity contribution in [1.82, 2.24) is 9.47 Å². The molecule has 2 fully saturated rings. The summed E-state index contributed by atoms with van der Waals surface area (Å²) >= 11 is 0. The molecule has 8 nitrogen and oxygen atoms in total. The molecule has 0 spiro atoms. The van der Waals surface area contributed by atoms with Crippen molar-refractivity contribution in [3.05, 3.63) is 51.3 Å².